The van der Waals surface area contributed by atoms with Crippen LogP contribution in [0.15, 0.2) is 72.8 Å². The summed E-state index contributed by atoms with van der Waals surface area (Å²) in [6, 6.07) is 20.2. The van der Waals surface area contributed by atoms with Crippen LogP contribution in [0.4, 0.5) is 10.1 Å². The van der Waals surface area contributed by atoms with E-state index in [0.717, 1.165) is 0 Å². The van der Waals surface area contributed by atoms with Crippen molar-refractivity contribution in [2.45, 2.75) is 6.92 Å². The molecule has 4 aromatic rings. The number of anilines is 1. The molecule has 1 heterocycles. The van der Waals surface area contributed by atoms with Gasteiger partial charge in [0, 0.05) is 23.4 Å². The average Bonchev–Trinajstić information content (AvgIpc) is 3.31. The van der Waals surface area contributed by atoms with E-state index in [2.05, 4.69) is 15.4 Å². The summed E-state index contributed by atoms with van der Waals surface area (Å²) >= 11 is 0. The van der Waals surface area contributed by atoms with Gasteiger partial charge in [-0.05, 0) is 67.6 Å². The molecule has 0 saturated carbocycles. The number of hydrogen-bond donors (Lipinski definition) is 1. The molecule has 0 aliphatic carbocycles. The molecular weight excluding hydrogens is 451 g/mol. The van der Waals surface area contributed by atoms with Crippen LogP contribution in [0.5, 0.6) is 11.8 Å². The van der Waals surface area contributed by atoms with E-state index in [1.54, 1.807) is 66.4 Å². The Labute approximate surface area is 202 Å². The first kappa shape index (κ1) is 23.9. The van der Waals surface area contributed by atoms with Crippen molar-refractivity contribution < 1.29 is 23.4 Å². The summed E-state index contributed by atoms with van der Waals surface area (Å²) in [7, 11) is 1.55. The molecule has 0 spiro atoms. The topological polar surface area (TPSA) is 87.5 Å². The van der Waals surface area contributed by atoms with E-state index in [0.29, 0.717) is 47.3 Å². The summed E-state index contributed by atoms with van der Waals surface area (Å²) in [5.74, 6) is 0.427. The number of nitrogens with one attached hydrogen (secondary N) is 1. The second-order valence-electron chi connectivity index (χ2n) is 7.42. The van der Waals surface area contributed by atoms with Gasteiger partial charge in [-0.25, -0.2) is 9.07 Å². The number of halogens is 1. The van der Waals surface area contributed by atoms with Gasteiger partial charge in [0.15, 0.2) is 5.82 Å². The van der Waals surface area contributed by atoms with Gasteiger partial charge >= 0.3 is 6.01 Å². The molecule has 8 nitrogen and oxygen atoms in total. The van der Waals surface area contributed by atoms with Gasteiger partial charge in [-0.2, -0.15) is 4.98 Å². The Bertz CT molecular complexity index is 1290. The zero-order valence-electron chi connectivity index (χ0n) is 19.4. The van der Waals surface area contributed by atoms with Crippen molar-refractivity contribution in [3.63, 3.8) is 0 Å². The van der Waals surface area contributed by atoms with E-state index in [-0.39, 0.29) is 24.3 Å². The minimum Gasteiger partial charge on any atom is -0.497 e. The van der Waals surface area contributed by atoms with Crippen molar-refractivity contribution in [1.29, 1.82) is 0 Å². The summed E-state index contributed by atoms with van der Waals surface area (Å²) in [5.41, 5.74) is 2.33. The van der Waals surface area contributed by atoms with Gasteiger partial charge in [0.05, 0.1) is 19.4 Å². The van der Waals surface area contributed by atoms with E-state index in [9.17, 15) is 9.18 Å². The predicted molar refractivity (Wildman–Crippen MR) is 130 cm³/mol. The molecule has 0 saturated heterocycles. The lowest BCUT2D eigenvalue weighted by Crippen LogP contribution is -2.12. The van der Waals surface area contributed by atoms with Gasteiger partial charge in [0.25, 0.3) is 5.91 Å². The van der Waals surface area contributed by atoms with E-state index >= 15 is 0 Å². The highest BCUT2D eigenvalue weighted by Gasteiger charge is 2.16. The van der Waals surface area contributed by atoms with Crippen molar-refractivity contribution in [3.8, 4) is 28.8 Å². The van der Waals surface area contributed by atoms with Crippen LogP contribution in [0.25, 0.3) is 17.1 Å². The molecule has 180 valence electrons. The molecule has 1 amide bonds. The lowest BCUT2D eigenvalue weighted by Gasteiger charge is -2.10. The van der Waals surface area contributed by atoms with Crippen molar-refractivity contribution >= 4 is 11.6 Å². The van der Waals surface area contributed by atoms with Crippen molar-refractivity contribution in [2.24, 2.45) is 0 Å². The molecule has 0 fully saturated rings. The fourth-order valence-corrected chi connectivity index (χ4v) is 3.34. The van der Waals surface area contributed by atoms with Crippen LogP contribution in [0, 0.1) is 5.82 Å². The van der Waals surface area contributed by atoms with Crippen LogP contribution in [0.3, 0.4) is 0 Å². The first-order valence-electron chi connectivity index (χ1n) is 11.1. The Morgan fingerprint density at radius 2 is 1.83 bits per heavy atom. The first-order valence-corrected chi connectivity index (χ1v) is 11.1. The number of ether oxygens (including phenoxy) is 3. The van der Waals surface area contributed by atoms with Gasteiger partial charge in [-0.15, -0.1) is 5.10 Å². The molecule has 0 radical (unpaired) electrons. The fraction of sp³-hybridized carbons (Fsp3) is 0.192. The minimum atomic E-state index is -0.352. The fourth-order valence-electron chi connectivity index (χ4n) is 3.34. The number of hydrogen-bond acceptors (Lipinski definition) is 6. The number of methoxy groups -OCH3 is 1. The molecule has 1 aromatic heterocycles. The molecule has 3 aromatic carbocycles. The number of benzene rings is 3. The third-order valence-electron chi connectivity index (χ3n) is 5.03. The third kappa shape index (κ3) is 6.01. The zero-order valence-corrected chi connectivity index (χ0v) is 19.4. The predicted octanol–water partition coefficient (Wildman–Crippen LogP) is 4.75. The Balaban J connectivity index is 1.62. The Kier molecular flexibility index (Phi) is 7.69. The van der Waals surface area contributed by atoms with Crippen LogP contribution in [-0.4, -0.2) is 47.6 Å². The Hall–Kier alpha value is -4.24. The molecule has 0 aliphatic rings. The van der Waals surface area contributed by atoms with Gasteiger partial charge in [0.2, 0.25) is 0 Å². The summed E-state index contributed by atoms with van der Waals surface area (Å²) in [6.07, 6.45) is 0. The summed E-state index contributed by atoms with van der Waals surface area (Å²) in [6.45, 7) is 3.18. The van der Waals surface area contributed by atoms with Gasteiger partial charge < -0.3 is 19.5 Å². The summed E-state index contributed by atoms with van der Waals surface area (Å²) in [5, 5.41) is 7.37. The standard InChI is InChI=1S/C26H25FN4O4/c1-3-34-14-15-35-26-29-24(18-10-12-20(27)13-11-18)31(30-26)22-8-5-7-21(17-22)28-25(32)19-6-4-9-23(16-19)33-2/h4-13,16-17H,3,14-15H2,1-2H3,(H,28,32). The van der Waals surface area contributed by atoms with Crippen molar-refractivity contribution in [2.75, 3.05) is 32.2 Å². The summed E-state index contributed by atoms with van der Waals surface area (Å²) < 4.78 is 31.2. The van der Waals surface area contributed by atoms with E-state index in [4.69, 9.17) is 14.2 Å². The SMILES string of the molecule is CCOCCOc1nc(-c2ccc(F)cc2)n(-c2cccc(NC(=O)c3cccc(OC)c3)c2)n1. The Morgan fingerprint density at radius 1 is 1.03 bits per heavy atom. The quantitative estimate of drug-likeness (QED) is 0.333. The lowest BCUT2D eigenvalue weighted by molar-refractivity contribution is 0.102. The van der Waals surface area contributed by atoms with E-state index in [1.807, 2.05) is 13.0 Å². The maximum absolute atomic E-state index is 13.5. The molecule has 0 atom stereocenters. The highest BCUT2D eigenvalue weighted by Crippen LogP contribution is 2.25. The molecule has 0 bridgehead atoms. The maximum atomic E-state index is 13.5. The number of carbonyl (C=O) groups excluding carboxylic acids is 1. The molecular formula is C26H25FN4O4. The van der Waals surface area contributed by atoms with E-state index in [1.165, 1.54) is 12.1 Å². The second-order valence-corrected chi connectivity index (χ2v) is 7.42. The van der Waals surface area contributed by atoms with Crippen LogP contribution >= 0.6 is 0 Å². The minimum absolute atomic E-state index is 0.162. The van der Waals surface area contributed by atoms with Crippen LogP contribution in [-0.2, 0) is 4.74 Å². The number of carbonyl (C=O) groups is 1. The molecule has 0 aliphatic heterocycles. The monoisotopic (exact) mass is 476 g/mol. The molecule has 0 unspecified atom stereocenters. The highest BCUT2D eigenvalue weighted by atomic mass is 19.1. The maximum Gasteiger partial charge on any atom is 0.336 e. The van der Waals surface area contributed by atoms with Crippen molar-refractivity contribution in [1.82, 2.24) is 14.8 Å². The lowest BCUT2D eigenvalue weighted by atomic mass is 10.2. The number of aromatic nitrogens is 3. The van der Waals surface area contributed by atoms with Gasteiger partial charge in [0.1, 0.15) is 18.2 Å². The molecule has 9 heteroatoms. The molecule has 4 rings (SSSR count). The zero-order chi connectivity index (χ0) is 24.6. The third-order valence-corrected chi connectivity index (χ3v) is 5.03. The smallest absolute Gasteiger partial charge is 0.336 e. The number of amides is 1. The molecule has 35 heavy (non-hydrogen) atoms. The van der Waals surface area contributed by atoms with Crippen LogP contribution < -0.4 is 14.8 Å². The Morgan fingerprint density at radius 3 is 2.60 bits per heavy atom. The largest absolute Gasteiger partial charge is 0.497 e. The average molecular weight is 477 g/mol. The second kappa shape index (κ2) is 11.3. The van der Waals surface area contributed by atoms with Crippen LogP contribution in [0.1, 0.15) is 17.3 Å². The van der Waals surface area contributed by atoms with Gasteiger partial charge in [-0.1, -0.05) is 12.1 Å². The highest BCUT2D eigenvalue weighted by molar-refractivity contribution is 6.04. The van der Waals surface area contributed by atoms with Crippen molar-refractivity contribution in [3.05, 3.63) is 84.2 Å². The molecule has 1 N–H and O–H groups in total. The first-order chi connectivity index (χ1) is 17.1. The summed E-state index contributed by atoms with van der Waals surface area (Å²) in [4.78, 5) is 17.2. The van der Waals surface area contributed by atoms with E-state index < -0.39 is 0 Å². The number of nitrogens with zero attached hydrogens (tertiary/aromatic N) is 3. The van der Waals surface area contributed by atoms with Crippen LogP contribution in [0.2, 0.25) is 0 Å². The van der Waals surface area contributed by atoms with Gasteiger partial charge in [-0.3, -0.25) is 4.79 Å². The number of rotatable bonds is 10. The normalized spacial score (nSPS) is 10.7.